The molecule has 0 fully saturated rings. The van der Waals surface area contributed by atoms with E-state index in [0.29, 0.717) is 10.7 Å². The Balaban J connectivity index is 1.90. The Kier molecular flexibility index (Phi) is 5.27. The summed E-state index contributed by atoms with van der Waals surface area (Å²) in [4.78, 5) is 23.3. The Labute approximate surface area is 133 Å². The molecular weight excluding hydrogens is 302 g/mol. The molecule has 6 heteroatoms. The normalized spacial score (nSPS) is 10.5. The lowest BCUT2D eigenvalue weighted by Gasteiger charge is -2.04. The molecule has 0 unspecified atom stereocenters. The van der Waals surface area contributed by atoms with Gasteiger partial charge in [-0.1, -0.05) is 47.5 Å². The Bertz CT molecular complexity index is 729. The molecule has 0 aliphatic carbocycles. The van der Waals surface area contributed by atoms with Gasteiger partial charge in [0.15, 0.2) is 0 Å². The van der Waals surface area contributed by atoms with E-state index in [9.17, 15) is 9.59 Å². The summed E-state index contributed by atoms with van der Waals surface area (Å²) in [5.41, 5.74) is 4.52. The highest BCUT2D eigenvalue weighted by atomic mass is 35.5. The van der Waals surface area contributed by atoms with Crippen LogP contribution in [-0.4, -0.2) is 18.0 Å². The van der Waals surface area contributed by atoms with E-state index in [1.807, 2.05) is 31.2 Å². The van der Waals surface area contributed by atoms with Crippen molar-refractivity contribution in [2.75, 3.05) is 5.32 Å². The average molecular weight is 316 g/mol. The molecule has 0 radical (unpaired) electrons. The molecule has 0 aliphatic rings. The van der Waals surface area contributed by atoms with Crippen LogP contribution in [0.25, 0.3) is 0 Å². The molecule has 5 nitrogen and oxygen atoms in total. The second-order valence-corrected chi connectivity index (χ2v) is 5.01. The number of aryl methyl sites for hydroxylation is 1. The second-order valence-electron chi connectivity index (χ2n) is 4.58. The van der Waals surface area contributed by atoms with Crippen LogP contribution in [-0.2, 0) is 9.59 Å². The molecule has 0 atom stereocenters. The minimum absolute atomic E-state index is 0.440. The fraction of sp³-hybridized carbons (Fsp3) is 0.0625. The van der Waals surface area contributed by atoms with Crippen molar-refractivity contribution >= 4 is 35.3 Å². The molecular formula is C16H14ClN3O2. The fourth-order valence-corrected chi connectivity index (χ4v) is 1.91. The van der Waals surface area contributed by atoms with E-state index in [-0.39, 0.29) is 0 Å². The van der Waals surface area contributed by atoms with E-state index < -0.39 is 11.8 Å². The first-order valence-corrected chi connectivity index (χ1v) is 6.89. The highest BCUT2D eigenvalue weighted by Gasteiger charge is 2.12. The number of benzene rings is 2. The second kappa shape index (κ2) is 7.38. The fourth-order valence-electron chi connectivity index (χ4n) is 1.72. The van der Waals surface area contributed by atoms with Crippen LogP contribution in [0.4, 0.5) is 5.69 Å². The van der Waals surface area contributed by atoms with Gasteiger partial charge in [-0.3, -0.25) is 9.59 Å². The number of halogens is 1. The van der Waals surface area contributed by atoms with Crippen LogP contribution < -0.4 is 10.7 Å². The van der Waals surface area contributed by atoms with Crippen molar-refractivity contribution in [3.8, 4) is 0 Å². The number of rotatable bonds is 3. The van der Waals surface area contributed by atoms with Gasteiger partial charge in [0.05, 0.1) is 6.21 Å². The van der Waals surface area contributed by atoms with Crippen LogP contribution >= 0.6 is 11.6 Å². The number of hydrogen-bond donors (Lipinski definition) is 2. The summed E-state index contributed by atoms with van der Waals surface area (Å²) >= 11 is 5.80. The number of amides is 2. The molecule has 0 heterocycles. The van der Waals surface area contributed by atoms with Gasteiger partial charge in [-0.15, -0.1) is 0 Å². The van der Waals surface area contributed by atoms with E-state index in [1.165, 1.54) is 6.21 Å². The average Bonchev–Trinajstić information content (AvgIpc) is 2.47. The van der Waals surface area contributed by atoms with Gasteiger partial charge in [-0.05, 0) is 30.7 Å². The predicted molar refractivity (Wildman–Crippen MR) is 87.0 cm³/mol. The van der Waals surface area contributed by atoms with Crippen molar-refractivity contribution in [2.45, 2.75) is 6.92 Å². The Morgan fingerprint density at radius 2 is 1.86 bits per heavy atom. The van der Waals surface area contributed by atoms with Crippen LogP contribution in [0.3, 0.4) is 0 Å². The molecule has 0 saturated heterocycles. The van der Waals surface area contributed by atoms with E-state index in [4.69, 9.17) is 11.6 Å². The first-order chi connectivity index (χ1) is 10.5. The van der Waals surface area contributed by atoms with Gasteiger partial charge in [0.2, 0.25) is 0 Å². The SMILES string of the molecule is Cc1cccc(C=NNC(=O)C(=O)Nc2cccc(Cl)c2)c1. The van der Waals surface area contributed by atoms with E-state index in [1.54, 1.807) is 24.3 Å². The van der Waals surface area contributed by atoms with Crippen LogP contribution in [0.5, 0.6) is 0 Å². The van der Waals surface area contributed by atoms with Crippen molar-refractivity contribution < 1.29 is 9.59 Å². The highest BCUT2D eigenvalue weighted by molar-refractivity contribution is 6.39. The number of carbonyl (C=O) groups is 2. The predicted octanol–water partition coefficient (Wildman–Crippen LogP) is 2.74. The molecule has 2 N–H and O–H groups in total. The number of hydrogen-bond acceptors (Lipinski definition) is 3. The zero-order valence-electron chi connectivity index (χ0n) is 11.8. The minimum Gasteiger partial charge on any atom is -0.318 e. The number of nitrogens with one attached hydrogen (secondary N) is 2. The third kappa shape index (κ3) is 4.71. The van der Waals surface area contributed by atoms with Crippen molar-refractivity contribution in [2.24, 2.45) is 5.10 Å². The molecule has 2 aromatic rings. The highest BCUT2D eigenvalue weighted by Crippen LogP contribution is 2.14. The zero-order valence-corrected chi connectivity index (χ0v) is 12.6. The van der Waals surface area contributed by atoms with Gasteiger partial charge in [0, 0.05) is 10.7 Å². The minimum atomic E-state index is -0.858. The standard InChI is InChI=1S/C16H14ClN3O2/c1-11-4-2-5-12(8-11)10-18-20-16(22)15(21)19-14-7-3-6-13(17)9-14/h2-10H,1H3,(H,19,21)(H,20,22). The van der Waals surface area contributed by atoms with Crippen molar-refractivity contribution in [1.82, 2.24) is 5.43 Å². The first-order valence-electron chi connectivity index (χ1n) is 6.51. The van der Waals surface area contributed by atoms with Gasteiger partial charge in [0.25, 0.3) is 0 Å². The molecule has 0 aromatic heterocycles. The van der Waals surface area contributed by atoms with Crippen molar-refractivity contribution in [3.05, 3.63) is 64.7 Å². The number of anilines is 1. The molecule has 112 valence electrons. The van der Waals surface area contributed by atoms with E-state index >= 15 is 0 Å². The summed E-state index contributed by atoms with van der Waals surface area (Å²) in [6.07, 6.45) is 1.47. The topological polar surface area (TPSA) is 70.6 Å². The number of hydrazone groups is 1. The van der Waals surface area contributed by atoms with E-state index in [2.05, 4.69) is 15.8 Å². The summed E-state index contributed by atoms with van der Waals surface area (Å²) in [5.74, 6) is -1.67. The maximum atomic E-state index is 11.7. The van der Waals surface area contributed by atoms with Crippen LogP contribution in [0.1, 0.15) is 11.1 Å². The lowest BCUT2D eigenvalue weighted by atomic mass is 10.2. The lowest BCUT2D eigenvalue weighted by molar-refractivity contribution is -0.136. The smallest absolute Gasteiger partial charge is 0.318 e. The molecule has 0 saturated carbocycles. The number of nitrogens with zero attached hydrogens (tertiary/aromatic N) is 1. The third-order valence-corrected chi connectivity index (χ3v) is 2.95. The lowest BCUT2D eigenvalue weighted by Crippen LogP contribution is -2.32. The summed E-state index contributed by atoms with van der Waals surface area (Å²) < 4.78 is 0. The summed E-state index contributed by atoms with van der Waals surface area (Å²) in [6, 6.07) is 14.1. The molecule has 2 amide bonds. The molecule has 2 aromatic carbocycles. The van der Waals surface area contributed by atoms with Gasteiger partial charge in [0.1, 0.15) is 0 Å². The largest absolute Gasteiger partial charge is 0.329 e. The quantitative estimate of drug-likeness (QED) is 0.519. The molecule has 0 aliphatic heterocycles. The monoisotopic (exact) mass is 315 g/mol. The number of carbonyl (C=O) groups excluding carboxylic acids is 2. The van der Waals surface area contributed by atoms with Gasteiger partial charge in [-0.25, -0.2) is 5.43 Å². The van der Waals surface area contributed by atoms with Crippen molar-refractivity contribution in [3.63, 3.8) is 0 Å². The Morgan fingerprint density at radius 3 is 2.59 bits per heavy atom. The summed E-state index contributed by atoms with van der Waals surface area (Å²) in [7, 11) is 0. The summed E-state index contributed by atoms with van der Waals surface area (Å²) in [6.45, 7) is 1.95. The molecule has 0 bridgehead atoms. The third-order valence-electron chi connectivity index (χ3n) is 2.71. The maximum Gasteiger partial charge on any atom is 0.329 e. The van der Waals surface area contributed by atoms with Gasteiger partial charge >= 0.3 is 11.8 Å². The van der Waals surface area contributed by atoms with Crippen LogP contribution in [0.15, 0.2) is 53.6 Å². The molecule has 2 rings (SSSR count). The molecule has 22 heavy (non-hydrogen) atoms. The molecule has 0 spiro atoms. The zero-order chi connectivity index (χ0) is 15.9. The van der Waals surface area contributed by atoms with Gasteiger partial charge in [-0.2, -0.15) is 5.10 Å². The van der Waals surface area contributed by atoms with E-state index in [0.717, 1.165) is 11.1 Å². The first kappa shape index (κ1) is 15.7. The van der Waals surface area contributed by atoms with Gasteiger partial charge < -0.3 is 5.32 Å². The van der Waals surface area contributed by atoms with Crippen LogP contribution in [0, 0.1) is 6.92 Å². The van der Waals surface area contributed by atoms with Crippen LogP contribution in [0.2, 0.25) is 5.02 Å². The van der Waals surface area contributed by atoms with Crippen molar-refractivity contribution in [1.29, 1.82) is 0 Å². The Hall–Kier alpha value is -2.66. The maximum absolute atomic E-state index is 11.7. The summed E-state index contributed by atoms with van der Waals surface area (Å²) in [5, 5.41) is 6.65. The Morgan fingerprint density at radius 1 is 1.09 bits per heavy atom.